The molecule has 0 bridgehead atoms. The van der Waals surface area contributed by atoms with Gasteiger partial charge >= 0.3 is 6.01 Å². The number of H-pyrrole nitrogens is 1. The number of rotatable bonds is 4. The maximum Gasteiger partial charge on any atom is 0.319 e. The molecule has 0 radical (unpaired) electrons. The van der Waals surface area contributed by atoms with Gasteiger partial charge in [-0.25, -0.2) is 0 Å². The molecule has 1 aromatic heterocycles. The van der Waals surface area contributed by atoms with E-state index >= 15 is 0 Å². The second-order valence-corrected chi connectivity index (χ2v) is 6.05. The Bertz CT molecular complexity index is 525. The van der Waals surface area contributed by atoms with Crippen molar-refractivity contribution in [1.29, 1.82) is 0 Å². The normalized spacial score (nSPS) is 16.6. The highest BCUT2D eigenvalue weighted by atomic mass is 35.5. The van der Waals surface area contributed by atoms with Crippen molar-refractivity contribution in [2.45, 2.75) is 45.6 Å². The van der Waals surface area contributed by atoms with Gasteiger partial charge < -0.3 is 9.64 Å². The Kier molecular flexibility index (Phi) is 6.39. The molecule has 1 aliphatic heterocycles. The largest absolute Gasteiger partial charge is 0.460 e. The number of hydrogen-bond donors (Lipinski definition) is 1. The van der Waals surface area contributed by atoms with Crippen LogP contribution >= 0.6 is 11.6 Å². The third kappa shape index (κ3) is 4.81. The maximum absolute atomic E-state index is 6.30. The van der Waals surface area contributed by atoms with Crippen LogP contribution < -0.4 is 4.74 Å². The van der Waals surface area contributed by atoms with Crippen LogP contribution in [0.2, 0.25) is 5.15 Å². The van der Waals surface area contributed by atoms with E-state index < -0.39 is 0 Å². The molecular formula is C15H24ClN5O. The number of ether oxygens (including phenoxy) is 1. The molecule has 0 amide bonds. The Morgan fingerprint density at radius 1 is 1.41 bits per heavy atom. The predicted octanol–water partition coefficient (Wildman–Crippen LogP) is 2.96. The number of aromatic nitrogens is 4. The third-order valence-corrected chi connectivity index (χ3v) is 4.12. The van der Waals surface area contributed by atoms with Gasteiger partial charge in [-0.1, -0.05) is 32.4 Å². The van der Waals surface area contributed by atoms with Gasteiger partial charge in [-0.2, -0.15) is 15.1 Å². The molecule has 2 heterocycles. The lowest BCUT2D eigenvalue weighted by molar-refractivity contribution is 0.0956. The van der Waals surface area contributed by atoms with Gasteiger partial charge in [0.15, 0.2) is 0 Å². The zero-order valence-corrected chi connectivity index (χ0v) is 14.2. The summed E-state index contributed by atoms with van der Waals surface area (Å²) in [5.74, 6) is 0.217. The van der Waals surface area contributed by atoms with E-state index in [4.69, 9.17) is 16.3 Å². The minimum Gasteiger partial charge on any atom is -0.460 e. The van der Waals surface area contributed by atoms with Crippen LogP contribution in [0.15, 0.2) is 12.5 Å². The molecule has 0 spiro atoms. The Morgan fingerprint density at radius 2 is 2.14 bits per heavy atom. The van der Waals surface area contributed by atoms with Crippen molar-refractivity contribution >= 4 is 11.6 Å². The minimum absolute atomic E-state index is 0.132. The smallest absolute Gasteiger partial charge is 0.319 e. The number of piperidine rings is 1. The van der Waals surface area contributed by atoms with Crippen LogP contribution in [0, 0.1) is 0 Å². The van der Waals surface area contributed by atoms with E-state index in [1.807, 2.05) is 13.8 Å². The lowest BCUT2D eigenvalue weighted by atomic mass is 10.1. The average Bonchev–Trinajstić information content (AvgIpc) is 2.58. The Hall–Kier alpha value is -1.40. The molecule has 122 valence electrons. The van der Waals surface area contributed by atoms with Crippen molar-refractivity contribution in [2.75, 3.05) is 19.6 Å². The first kappa shape index (κ1) is 17.0. The van der Waals surface area contributed by atoms with E-state index in [-0.39, 0.29) is 18.0 Å². The molecule has 22 heavy (non-hydrogen) atoms. The number of nitrogens with zero attached hydrogens (tertiary/aromatic N) is 4. The average molecular weight is 326 g/mol. The summed E-state index contributed by atoms with van der Waals surface area (Å²) in [5.41, 5.74) is 0.849. The highest BCUT2D eigenvalue weighted by molar-refractivity contribution is 6.30. The third-order valence-electron chi connectivity index (χ3n) is 3.82. The van der Waals surface area contributed by atoms with Gasteiger partial charge in [-0.05, 0) is 25.3 Å². The van der Waals surface area contributed by atoms with E-state index in [9.17, 15) is 0 Å². The Labute approximate surface area is 136 Å². The first-order valence-corrected chi connectivity index (χ1v) is 8.16. The maximum atomic E-state index is 6.30. The molecule has 1 N–H and O–H groups in total. The summed E-state index contributed by atoms with van der Waals surface area (Å²) in [5, 5.41) is 7.15. The fourth-order valence-corrected chi connectivity index (χ4v) is 2.73. The molecule has 1 aromatic rings. The van der Waals surface area contributed by atoms with Crippen molar-refractivity contribution in [3.05, 3.63) is 23.2 Å². The van der Waals surface area contributed by atoms with Crippen LogP contribution in [0.1, 0.15) is 45.1 Å². The van der Waals surface area contributed by atoms with Crippen LogP contribution in [0.3, 0.4) is 0 Å². The number of aromatic amines is 1. The van der Waals surface area contributed by atoms with E-state index in [2.05, 4.69) is 32.0 Å². The van der Waals surface area contributed by atoms with E-state index in [1.165, 1.54) is 6.33 Å². The number of likely N-dealkylation sites (tertiary alicyclic amines) is 1. The topological polar surface area (TPSA) is 66.9 Å². The quantitative estimate of drug-likeness (QED) is 0.921. The van der Waals surface area contributed by atoms with Gasteiger partial charge in [0, 0.05) is 18.7 Å². The standard InChI is InChI=1S/C15H24ClN5O/c1-4-21-7-5-12(6-8-21)22-15-17-10-19-18-9-13(11(2)3)14(16)20-15/h9-12H,4-8H2,1-3H3,(H,17,19,20). The van der Waals surface area contributed by atoms with E-state index in [0.717, 1.165) is 38.0 Å². The molecule has 1 fully saturated rings. The minimum atomic E-state index is 0.132. The monoisotopic (exact) mass is 325 g/mol. The summed E-state index contributed by atoms with van der Waals surface area (Å²) in [7, 11) is 0. The molecule has 2 rings (SSSR count). The molecule has 0 unspecified atom stereocenters. The highest BCUT2D eigenvalue weighted by Gasteiger charge is 2.20. The second-order valence-electron chi connectivity index (χ2n) is 5.69. The van der Waals surface area contributed by atoms with Gasteiger partial charge in [-0.15, -0.1) is 0 Å². The van der Waals surface area contributed by atoms with Crippen molar-refractivity contribution in [3.63, 3.8) is 0 Å². The van der Waals surface area contributed by atoms with Crippen LogP contribution in [0.5, 0.6) is 6.01 Å². The first-order valence-electron chi connectivity index (χ1n) is 7.78. The Morgan fingerprint density at radius 3 is 2.77 bits per heavy atom. The van der Waals surface area contributed by atoms with Crippen molar-refractivity contribution < 1.29 is 4.74 Å². The lowest BCUT2D eigenvalue weighted by Gasteiger charge is -2.30. The molecule has 7 heteroatoms. The summed E-state index contributed by atoms with van der Waals surface area (Å²) in [4.78, 5) is 10.9. The summed E-state index contributed by atoms with van der Waals surface area (Å²) in [6.07, 6.45) is 5.22. The zero-order valence-electron chi connectivity index (χ0n) is 13.4. The summed E-state index contributed by atoms with van der Waals surface area (Å²) < 4.78 is 5.93. The molecule has 0 atom stereocenters. The van der Waals surface area contributed by atoms with Crippen LogP contribution in [0.25, 0.3) is 0 Å². The highest BCUT2D eigenvalue weighted by Crippen LogP contribution is 2.21. The number of hydrogen-bond acceptors (Lipinski definition) is 5. The van der Waals surface area contributed by atoms with Crippen molar-refractivity contribution in [3.8, 4) is 6.01 Å². The van der Waals surface area contributed by atoms with Crippen molar-refractivity contribution in [1.82, 2.24) is 25.1 Å². The van der Waals surface area contributed by atoms with Crippen LogP contribution in [-0.4, -0.2) is 50.8 Å². The lowest BCUT2D eigenvalue weighted by Crippen LogP contribution is -2.38. The summed E-state index contributed by atoms with van der Waals surface area (Å²) in [6.45, 7) is 9.43. The number of halogens is 1. The van der Waals surface area contributed by atoms with Crippen molar-refractivity contribution in [2.24, 2.45) is 0 Å². The molecule has 0 aliphatic carbocycles. The van der Waals surface area contributed by atoms with Gasteiger partial charge in [0.05, 0.1) is 6.20 Å². The molecule has 0 aromatic carbocycles. The van der Waals surface area contributed by atoms with Gasteiger partial charge in [0.25, 0.3) is 0 Å². The molecule has 1 aliphatic rings. The van der Waals surface area contributed by atoms with Gasteiger partial charge in [-0.3, -0.25) is 5.10 Å². The zero-order chi connectivity index (χ0) is 15.9. The predicted molar refractivity (Wildman–Crippen MR) is 86.7 cm³/mol. The molecule has 1 saturated heterocycles. The van der Waals surface area contributed by atoms with Gasteiger partial charge in [0.1, 0.15) is 17.6 Å². The fourth-order valence-electron chi connectivity index (χ4n) is 2.39. The second kappa shape index (κ2) is 8.29. The number of nitrogens with one attached hydrogen (secondary N) is 1. The summed E-state index contributed by atoms with van der Waals surface area (Å²) >= 11 is 6.30. The fraction of sp³-hybridized carbons (Fsp3) is 0.667. The Balaban J connectivity index is 2.17. The van der Waals surface area contributed by atoms with E-state index in [0.29, 0.717) is 5.15 Å². The molecular weight excluding hydrogens is 302 g/mol. The van der Waals surface area contributed by atoms with Crippen LogP contribution in [-0.2, 0) is 0 Å². The van der Waals surface area contributed by atoms with Crippen LogP contribution in [0.4, 0.5) is 0 Å². The first-order chi connectivity index (χ1) is 10.6. The van der Waals surface area contributed by atoms with Gasteiger partial charge in [0.2, 0.25) is 0 Å². The molecule has 6 nitrogen and oxygen atoms in total. The SMILES string of the molecule is CCN1CCC(Oc2nc[nH]ncc(C(C)C)c(Cl)n2)CC1. The molecule has 0 saturated carbocycles. The summed E-state index contributed by atoms with van der Waals surface area (Å²) in [6, 6.07) is 0.288. The van der Waals surface area contributed by atoms with E-state index in [1.54, 1.807) is 6.20 Å².